The molecule has 12 heteroatoms. The van der Waals surface area contributed by atoms with Gasteiger partial charge >= 0.3 is 0 Å². The predicted molar refractivity (Wildman–Crippen MR) is 150 cm³/mol. The zero-order chi connectivity index (χ0) is 27.2. The predicted octanol–water partition coefficient (Wildman–Crippen LogP) is 4.73. The van der Waals surface area contributed by atoms with Gasteiger partial charge in [0, 0.05) is 36.4 Å². The van der Waals surface area contributed by atoms with Crippen LogP contribution in [0.4, 0.5) is 5.13 Å². The van der Waals surface area contributed by atoms with Gasteiger partial charge < -0.3 is 10.1 Å². The van der Waals surface area contributed by atoms with E-state index < -0.39 is 20.0 Å². The molecule has 2 heterocycles. The van der Waals surface area contributed by atoms with Crippen LogP contribution in [-0.4, -0.2) is 46.0 Å². The number of benzene rings is 2. The summed E-state index contributed by atoms with van der Waals surface area (Å²) < 4.78 is 59.9. The van der Waals surface area contributed by atoms with Crippen molar-refractivity contribution in [1.29, 1.82) is 0 Å². The molecule has 2 N–H and O–H groups in total. The van der Waals surface area contributed by atoms with Gasteiger partial charge in [-0.25, -0.2) is 30.5 Å². The lowest BCUT2D eigenvalue weighted by Gasteiger charge is -2.11. The summed E-state index contributed by atoms with van der Waals surface area (Å²) in [5.74, 6) is 0.324. The van der Waals surface area contributed by atoms with E-state index in [9.17, 15) is 16.8 Å². The van der Waals surface area contributed by atoms with Crippen LogP contribution in [0.25, 0.3) is 11.3 Å². The average Bonchev–Trinajstić information content (AvgIpc) is 3.59. The molecular formula is C26H30N4O5S3. The first kappa shape index (κ1) is 27.8. The van der Waals surface area contributed by atoms with E-state index >= 15 is 0 Å². The van der Waals surface area contributed by atoms with Crippen LogP contribution in [0.5, 0.6) is 5.75 Å². The zero-order valence-corrected chi connectivity index (χ0v) is 23.6. The van der Waals surface area contributed by atoms with Crippen LogP contribution < -0.4 is 14.8 Å². The van der Waals surface area contributed by atoms with Crippen molar-refractivity contribution < 1.29 is 21.6 Å². The molecule has 0 fully saturated rings. The van der Waals surface area contributed by atoms with E-state index in [0.717, 1.165) is 23.5 Å². The third-order valence-electron chi connectivity index (χ3n) is 5.82. The SMILES string of the molecule is COc1ccc(C)cc1S(=O)(=O)NCCCCCNc1nc(-c2ccn(S(=O)(=O)c3ccccc3)c2)cs1. The summed E-state index contributed by atoms with van der Waals surface area (Å²) in [5.41, 5.74) is 2.25. The second kappa shape index (κ2) is 12.1. The highest BCUT2D eigenvalue weighted by molar-refractivity contribution is 7.90. The summed E-state index contributed by atoms with van der Waals surface area (Å²) >= 11 is 1.45. The Morgan fingerprint density at radius 1 is 0.974 bits per heavy atom. The Bertz CT molecular complexity index is 1580. The molecule has 0 amide bonds. The van der Waals surface area contributed by atoms with E-state index in [2.05, 4.69) is 15.0 Å². The van der Waals surface area contributed by atoms with E-state index in [1.807, 2.05) is 18.4 Å². The Morgan fingerprint density at radius 2 is 1.74 bits per heavy atom. The fraction of sp³-hybridized carbons (Fsp3) is 0.269. The maximum absolute atomic E-state index is 12.8. The Morgan fingerprint density at radius 3 is 2.50 bits per heavy atom. The number of methoxy groups -OCH3 is 1. The first-order chi connectivity index (χ1) is 18.2. The van der Waals surface area contributed by atoms with Crippen molar-refractivity contribution in [3.63, 3.8) is 0 Å². The van der Waals surface area contributed by atoms with Crippen LogP contribution in [0.1, 0.15) is 24.8 Å². The van der Waals surface area contributed by atoms with Gasteiger partial charge in [0.25, 0.3) is 10.0 Å². The van der Waals surface area contributed by atoms with Gasteiger partial charge in [-0.2, -0.15) is 0 Å². The number of anilines is 1. The van der Waals surface area contributed by atoms with Crippen LogP contribution in [0.2, 0.25) is 0 Å². The number of rotatable bonds is 13. The second-order valence-electron chi connectivity index (χ2n) is 8.63. The lowest BCUT2D eigenvalue weighted by Crippen LogP contribution is -2.25. The van der Waals surface area contributed by atoms with E-state index in [0.29, 0.717) is 36.5 Å². The molecule has 0 radical (unpaired) electrons. The third-order valence-corrected chi connectivity index (χ3v) is 9.75. The Hall–Kier alpha value is -3.19. The van der Waals surface area contributed by atoms with Crippen LogP contribution in [-0.2, 0) is 20.0 Å². The molecule has 9 nitrogen and oxygen atoms in total. The summed E-state index contributed by atoms with van der Waals surface area (Å²) in [4.78, 5) is 4.94. The van der Waals surface area contributed by atoms with Gasteiger partial charge in [-0.15, -0.1) is 11.3 Å². The number of hydrogen-bond donors (Lipinski definition) is 2. The first-order valence-corrected chi connectivity index (χ1v) is 15.8. The van der Waals surface area contributed by atoms with Gasteiger partial charge in [-0.05, 0) is 55.7 Å². The fourth-order valence-corrected chi connectivity index (χ4v) is 7.07. The van der Waals surface area contributed by atoms with E-state index in [4.69, 9.17) is 4.74 Å². The van der Waals surface area contributed by atoms with Crippen molar-refractivity contribution in [2.24, 2.45) is 0 Å². The quantitative estimate of drug-likeness (QED) is 0.222. The Balaban J connectivity index is 1.22. The molecule has 0 spiro atoms. The highest BCUT2D eigenvalue weighted by atomic mass is 32.2. The molecule has 2 aromatic heterocycles. The monoisotopic (exact) mass is 574 g/mol. The van der Waals surface area contributed by atoms with Gasteiger partial charge in [0.05, 0.1) is 17.7 Å². The number of aromatic nitrogens is 2. The Labute approximate surface area is 227 Å². The summed E-state index contributed by atoms with van der Waals surface area (Å²) in [7, 11) is -5.84. The lowest BCUT2D eigenvalue weighted by atomic mass is 10.2. The smallest absolute Gasteiger partial charge is 0.267 e. The molecule has 0 atom stereocenters. The largest absolute Gasteiger partial charge is 0.495 e. The number of nitrogens with zero attached hydrogens (tertiary/aromatic N) is 2. The number of ether oxygens (including phenoxy) is 1. The van der Waals surface area contributed by atoms with Crippen molar-refractivity contribution in [3.05, 3.63) is 77.9 Å². The average molecular weight is 575 g/mol. The second-order valence-corrected chi connectivity index (χ2v) is 13.1. The van der Waals surface area contributed by atoms with Crippen LogP contribution in [0.15, 0.2) is 82.2 Å². The molecule has 202 valence electrons. The lowest BCUT2D eigenvalue weighted by molar-refractivity contribution is 0.402. The van der Waals surface area contributed by atoms with Crippen molar-refractivity contribution in [3.8, 4) is 17.0 Å². The summed E-state index contributed by atoms with van der Waals surface area (Å²) in [6.45, 7) is 2.86. The van der Waals surface area contributed by atoms with Gasteiger partial charge in [-0.1, -0.05) is 30.7 Å². The molecule has 0 aliphatic carbocycles. The van der Waals surface area contributed by atoms with Crippen LogP contribution >= 0.6 is 11.3 Å². The summed E-state index contributed by atoms with van der Waals surface area (Å²) in [5, 5.41) is 5.90. The third kappa shape index (κ3) is 6.62. The fourth-order valence-electron chi connectivity index (χ4n) is 3.78. The molecule has 2 aromatic carbocycles. The number of aryl methyl sites for hydroxylation is 1. The molecular weight excluding hydrogens is 545 g/mol. The van der Waals surface area contributed by atoms with Crippen molar-refractivity contribution in [2.45, 2.75) is 36.0 Å². The molecule has 4 aromatic rings. The maximum atomic E-state index is 12.8. The number of hydrogen-bond acceptors (Lipinski definition) is 8. The summed E-state index contributed by atoms with van der Waals surface area (Å²) in [6, 6.07) is 15.1. The highest BCUT2D eigenvalue weighted by Gasteiger charge is 2.19. The molecule has 0 bridgehead atoms. The van der Waals surface area contributed by atoms with Gasteiger partial charge in [-0.3, -0.25) is 0 Å². The summed E-state index contributed by atoms with van der Waals surface area (Å²) in [6.07, 6.45) is 5.46. The number of unbranched alkanes of at least 4 members (excludes halogenated alkanes) is 2. The van der Waals surface area contributed by atoms with Crippen molar-refractivity contribution in [2.75, 3.05) is 25.5 Å². The van der Waals surface area contributed by atoms with Gasteiger partial charge in [0.1, 0.15) is 10.6 Å². The normalized spacial score (nSPS) is 11.9. The molecule has 0 saturated heterocycles. The number of thiazole rings is 1. The minimum Gasteiger partial charge on any atom is -0.495 e. The molecule has 0 aliphatic rings. The molecule has 0 aliphatic heterocycles. The zero-order valence-electron chi connectivity index (χ0n) is 21.1. The standard InChI is InChI=1S/C26H30N4O5S3/c1-20-11-12-24(35-2)25(17-20)37(31,32)28-15-8-4-7-14-27-26-29-23(19-36-26)21-13-16-30(18-21)38(33,34)22-9-5-3-6-10-22/h3,5-6,9-13,16-19,28H,4,7-8,14-15H2,1-2H3,(H,27,29). The minimum absolute atomic E-state index is 0.147. The first-order valence-electron chi connectivity index (χ1n) is 12.0. The molecule has 0 unspecified atom stereocenters. The van der Waals surface area contributed by atoms with Crippen LogP contribution in [0.3, 0.4) is 0 Å². The van der Waals surface area contributed by atoms with E-state index in [1.165, 1.54) is 28.6 Å². The molecule has 0 saturated carbocycles. The van der Waals surface area contributed by atoms with Crippen molar-refractivity contribution >= 4 is 36.5 Å². The van der Waals surface area contributed by atoms with Gasteiger partial charge in [0.2, 0.25) is 10.0 Å². The minimum atomic E-state index is -3.65. The Kier molecular flexibility index (Phi) is 8.87. The van der Waals surface area contributed by atoms with Gasteiger partial charge in [0.15, 0.2) is 5.13 Å². The van der Waals surface area contributed by atoms with Crippen molar-refractivity contribution in [1.82, 2.24) is 13.7 Å². The number of sulfonamides is 1. The van der Waals surface area contributed by atoms with E-state index in [-0.39, 0.29) is 9.79 Å². The van der Waals surface area contributed by atoms with Crippen LogP contribution in [0, 0.1) is 6.92 Å². The maximum Gasteiger partial charge on any atom is 0.267 e. The number of nitrogens with one attached hydrogen (secondary N) is 2. The highest BCUT2D eigenvalue weighted by Crippen LogP contribution is 2.27. The van der Waals surface area contributed by atoms with E-state index in [1.54, 1.807) is 54.7 Å². The molecule has 4 rings (SSSR count). The molecule has 38 heavy (non-hydrogen) atoms. The topological polar surface area (TPSA) is 119 Å².